The Morgan fingerprint density at radius 2 is 2.12 bits per heavy atom. The molecule has 0 radical (unpaired) electrons. The quantitative estimate of drug-likeness (QED) is 0.741. The summed E-state index contributed by atoms with van der Waals surface area (Å²) in [7, 11) is 1.58. The van der Waals surface area contributed by atoms with Crippen LogP contribution in [0, 0.1) is 6.92 Å². The normalized spacial score (nSPS) is 10.1. The summed E-state index contributed by atoms with van der Waals surface area (Å²) in [5.74, 6) is 1.18. The molecule has 16 heavy (non-hydrogen) atoms. The van der Waals surface area contributed by atoms with Crippen LogP contribution in [0.2, 0.25) is 0 Å². The Kier molecular flexibility index (Phi) is 2.72. The zero-order valence-electron chi connectivity index (χ0n) is 9.06. The van der Waals surface area contributed by atoms with Crippen LogP contribution in [0.4, 0.5) is 0 Å². The second-order valence-corrected chi connectivity index (χ2v) is 3.32. The summed E-state index contributed by atoms with van der Waals surface area (Å²) >= 11 is 0. The van der Waals surface area contributed by atoms with Gasteiger partial charge in [0.1, 0.15) is 17.2 Å². The topological polar surface area (TPSA) is 52.3 Å². The Bertz CT molecular complexity index is 517. The maximum absolute atomic E-state index is 10.9. The van der Waals surface area contributed by atoms with Crippen LogP contribution in [-0.4, -0.2) is 18.6 Å². The smallest absolute Gasteiger partial charge is 0.155 e. The average molecular weight is 217 g/mol. The van der Waals surface area contributed by atoms with Crippen LogP contribution < -0.4 is 4.74 Å². The highest BCUT2D eigenvalue weighted by Crippen LogP contribution is 2.31. The number of aryl methyl sites for hydroxylation is 1. The number of methoxy groups -OCH3 is 1. The molecule has 0 N–H and O–H groups in total. The van der Waals surface area contributed by atoms with Gasteiger partial charge in [0, 0.05) is 5.56 Å². The molecule has 4 nitrogen and oxygen atoms in total. The van der Waals surface area contributed by atoms with Crippen LogP contribution in [0.3, 0.4) is 0 Å². The van der Waals surface area contributed by atoms with Crippen LogP contribution in [0.15, 0.2) is 28.8 Å². The highest BCUT2D eigenvalue weighted by Gasteiger charge is 2.16. The van der Waals surface area contributed by atoms with E-state index in [9.17, 15) is 4.79 Å². The van der Waals surface area contributed by atoms with E-state index in [1.54, 1.807) is 14.0 Å². The standard InChI is InChI=1S/C12H11NO3/c1-8-10(7-14)12(13-16-8)9-5-3-4-6-11(9)15-2/h3-7H,1-2H3. The number of benzene rings is 1. The molecule has 1 aromatic heterocycles. The highest BCUT2D eigenvalue weighted by molar-refractivity contribution is 5.88. The molecule has 2 aromatic rings. The van der Waals surface area contributed by atoms with E-state index in [4.69, 9.17) is 9.26 Å². The summed E-state index contributed by atoms with van der Waals surface area (Å²) in [6.07, 6.45) is 0.744. The van der Waals surface area contributed by atoms with Gasteiger partial charge in [0.15, 0.2) is 6.29 Å². The minimum absolute atomic E-state index is 0.463. The van der Waals surface area contributed by atoms with Crippen LogP contribution >= 0.6 is 0 Å². The number of aldehydes is 1. The van der Waals surface area contributed by atoms with Gasteiger partial charge in [0.05, 0.1) is 12.7 Å². The van der Waals surface area contributed by atoms with Crippen molar-refractivity contribution in [1.82, 2.24) is 5.16 Å². The molecule has 0 aliphatic heterocycles. The van der Waals surface area contributed by atoms with Crippen molar-refractivity contribution in [3.63, 3.8) is 0 Å². The lowest BCUT2D eigenvalue weighted by atomic mass is 10.1. The molecule has 2 rings (SSSR count). The summed E-state index contributed by atoms with van der Waals surface area (Å²) in [5.41, 5.74) is 1.73. The predicted molar refractivity (Wildman–Crippen MR) is 58.6 cm³/mol. The molecule has 1 heterocycles. The van der Waals surface area contributed by atoms with Gasteiger partial charge in [-0.1, -0.05) is 17.3 Å². The van der Waals surface area contributed by atoms with E-state index in [0.717, 1.165) is 11.8 Å². The first-order valence-corrected chi connectivity index (χ1v) is 4.82. The summed E-state index contributed by atoms with van der Waals surface area (Å²) in [6, 6.07) is 7.36. The van der Waals surface area contributed by atoms with Gasteiger partial charge < -0.3 is 9.26 Å². The van der Waals surface area contributed by atoms with Crippen LogP contribution in [-0.2, 0) is 0 Å². The Balaban J connectivity index is 2.62. The number of hydrogen-bond acceptors (Lipinski definition) is 4. The number of nitrogens with zero attached hydrogens (tertiary/aromatic N) is 1. The first kappa shape index (κ1) is 10.4. The van der Waals surface area contributed by atoms with Crippen LogP contribution in [0.25, 0.3) is 11.3 Å². The van der Waals surface area contributed by atoms with E-state index in [0.29, 0.717) is 22.8 Å². The molecule has 1 aromatic carbocycles. The number of hydrogen-bond donors (Lipinski definition) is 0. The van der Waals surface area contributed by atoms with Gasteiger partial charge in [0.25, 0.3) is 0 Å². The third-order valence-corrected chi connectivity index (χ3v) is 2.39. The fourth-order valence-electron chi connectivity index (χ4n) is 1.55. The third kappa shape index (κ3) is 1.58. The molecule has 0 atom stereocenters. The fourth-order valence-corrected chi connectivity index (χ4v) is 1.55. The summed E-state index contributed by atoms with van der Waals surface area (Å²) < 4.78 is 10.2. The van der Waals surface area contributed by atoms with E-state index in [1.165, 1.54) is 0 Å². The van der Waals surface area contributed by atoms with E-state index >= 15 is 0 Å². The Morgan fingerprint density at radius 3 is 2.81 bits per heavy atom. The van der Waals surface area contributed by atoms with Crippen molar-refractivity contribution in [2.45, 2.75) is 6.92 Å². The van der Waals surface area contributed by atoms with E-state index < -0.39 is 0 Å². The first-order chi connectivity index (χ1) is 7.77. The lowest BCUT2D eigenvalue weighted by molar-refractivity contribution is 0.112. The van der Waals surface area contributed by atoms with Crippen molar-refractivity contribution in [2.24, 2.45) is 0 Å². The molecular weight excluding hydrogens is 206 g/mol. The van der Waals surface area contributed by atoms with Gasteiger partial charge >= 0.3 is 0 Å². The van der Waals surface area contributed by atoms with Gasteiger partial charge in [-0.2, -0.15) is 0 Å². The molecule has 0 spiro atoms. The molecule has 0 fully saturated rings. The highest BCUT2D eigenvalue weighted by atomic mass is 16.5. The van der Waals surface area contributed by atoms with Gasteiger partial charge in [-0.15, -0.1) is 0 Å². The van der Waals surface area contributed by atoms with Crippen molar-refractivity contribution < 1.29 is 14.1 Å². The maximum atomic E-state index is 10.9. The van der Waals surface area contributed by atoms with Crippen LogP contribution in [0.5, 0.6) is 5.75 Å². The van der Waals surface area contributed by atoms with Crippen molar-refractivity contribution in [3.8, 4) is 17.0 Å². The van der Waals surface area contributed by atoms with Gasteiger partial charge in [-0.05, 0) is 19.1 Å². The Hall–Kier alpha value is -2.10. The molecule has 0 saturated carbocycles. The number of para-hydroxylation sites is 1. The molecule has 0 aliphatic rings. The fraction of sp³-hybridized carbons (Fsp3) is 0.167. The molecule has 0 bridgehead atoms. The molecule has 0 amide bonds. The van der Waals surface area contributed by atoms with E-state index in [1.807, 2.05) is 24.3 Å². The minimum atomic E-state index is 0.463. The zero-order valence-corrected chi connectivity index (χ0v) is 9.06. The zero-order chi connectivity index (χ0) is 11.5. The van der Waals surface area contributed by atoms with Crippen molar-refractivity contribution in [1.29, 1.82) is 0 Å². The third-order valence-electron chi connectivity index (χ3n) is 2.39. The molecule has 82 valence electrons. The maximum Gasteiger partial charge on any atom is 0.155 e. The predicted octanol–water partition coefficient (Wildman–Crippen LogP) is 2.47. The number of ether oxygens (including phenoxy) is 1. The summed E-state index contributed by atoms with van der Waals surface area (Å²) in [5, 5.41) is 3.88. The van der Waals surface area contributed by atoms with Gasteiger partial charge in [-0.3, -0.25) is 4.79 Å². The minimum Gasteiger partial charge on any atom is -0.496 e. The van der Waals surface area contributed by atoms with Crippen molar-refractivity contribution in [3.05, 3.63) is 35.6 Å². The average Bonchev–Trinajstić information content (AvgIpc) is 2.70. The van der Waals surface area contributed by atoms with Crippen LogP contribution in [0.1, 0.15) is 16.1 Å². The largest absolute Gasteiger partial charge is 0.496 e. The van der Waals surface area contributed by atoms with E-state index in [-0.39, 0.29) is 0 Å². The number of carbonyl (C=O) groups is 1. The number of aromatic nitrogens is 1. The van der Waals surface area contributed by atoms with Gasteiger partial charge in [0.2, 0.25) is 0 Å². The monoisotopic (exact) mass is 217 g/mol. The summed E-state index contributed by atoms with van der Waals surface area (Å²) in [4.78, 5) is 10.9. The SMILES string of the molecule is COc1ccccc1-c1noc(C)c1C=O. The second-order valence-electron chi connectivity index (χ2n) is 3.32. The summed E-state index contributed by atoms with van der Waals surface area (Å²) in [6.45, 7) is 1.70. The van der Waals surface area contributed by atoms with Gasteiger partial charge in [-0.25, -0.2) is 0 Å². The first-order valence-electron chi connectivity index (χ1n) is 4.82. The van der Waals surface area contributed by atoms with Crippen molar-refractivity contribution in [2.75, 3.05) is 7.11 Å². The second kappa shape index (κ2) is 4.18. The number of rotatable bonds is 3. The number of carbonyl (C=O) groups excluding carboxylic acids is 1. The molecule has 0 unspecified atom stereocenters. The molecule has 4 heteroatoms. The molecule has 0 aliphatic carbocycles. The molecule has 0 saturated heterocycles. The lowest BCUT2D eigenvalue weighted by Gasteiger charge is -2.04. The van der Waals surface area contributed by atoms with Crippen molar-refractivity contribution >= 4 is 6.29 Å². The Morgan fingerprint density at radius 1 is 1.38 bits per heavy atom. The Labute approximate surface area is 92.8 Å². The lowest BCUT2D eigenvalue weighted by Crippen LogP contribution is -1.90. The van der Waals surface area contributed by atoms with E-state index in [2.05, 4.69) is 5.16 Å². The molecular formula is C12H11NO3.